The molecule has 3 aliphatic heterocycles. The van der Waals surface area contributed by atoms with E-state index in [4.69, 9.17) is 15.0 Å². The average molecular weight is 714 g/mol. The van der Waals surface area contributed by atoms with Crippen LogP contribution in [0.2, 0.25) is 0 Å². The number of hydrogen-bond donors (Lipinski definition) is 3. The van der Waals surface area contributed by atoms with Crippen LogP contribution >= 0.6 is 0 Å². The van der Waals surface area contributed by atoms with E-state index in [-0.39, 0.29) is 0 Å². The normalized spacial score (nSPS) is 16.1. The highest BCUT2D eigenvalue weighted by atomic mass is 15.4. The second-order valence-corrected chi connectivity index (χ2v) is 13.9. The van der Waals surface area contributed by atoms with Crippen LogP contribution in [0.4, 0.5) is 11.4 Å². The molecule has 0 radical (unpaired) electrons. The van der Waals surface area contributed by atoms with Crippen LogP contribution in [0.25, 0.3) is 55.0 Å². The molecule has 0 saturated heterocycles. The zero-order chi connectivity index (χ0) is 36.6. The number of fused-ring (bicyclic) bond motifs is 6. The van der Waals surface area contributed by atoms with Gasteiger partial charge in [0.25, 0.3) is 0 Å². The summed E-state index contributed by atoms with van der Waals surface area (Å²) in [5.41, 5.74) is 10.6. The first-order chi connectivity index (χ1) is 27.2. The maximum Gasteiger partial charge on any atom is 0.236 e. The van der Waals surface area contributed by atoms with Crippen LogP contribution in [0.5, 0.6) is 0 Å². The summed E-state index contributed by atoms with van der Waals surface area (Å²) in [7, 11) is 3.91. The van der Waals surface area contributed by atoms with Gasteiger partial charge >= 0.3 is 0 Å². The number of aliphatic imine (C=N–C) groups is 3. The largest absolute Gasteiger partial charge is 0.388 e. The second kappa shape index (κ2) is 12.1. The van der Waals surface area contributed by atoms with Crippen molar-refractivity contribution < 1.29 is 0 Å². The Morgan fingerprint density at radius 2 is 1.11 bits per heavy atom. The Kier molecular flexibility index (Phi) is 6.84. The molecule has 0 saturated carbocycles. The standard InChI is InChI=1S/C46H35N9/c1-47-36-26-28(53-38-16-7-3-12-30(38)31-13-4-8-17-39(31)53)22-24-34(36)44-49-42-20-11-21-43-50-45(52-46(51-44)55(42)43)35-25-23-29(27-37(35)48-2)54-40-18-9-5-14-32(40)33-15-6-10-19-41(33)54/h3-27,44,47-48H,1-2H3,(H,50,51,52). The predicted octanol–water partition coefficient (Wildman–Crippen LogP) is 9.49. The Labute approximate surface area is 317 Å². The van der Waals surface area contributed by atoms with Gasteiger partial charge in [-0.05, 0) is 66.7 Å². The minimum absolute atomic E-state index is 0.496. The molecule has 0 fully saturated rings. The van der Waals surface area contributed by atoms with Gasteiger partial charge < -0.3 is 25.1 Å². The highest BCUT2D eigenvalue weighted by Crippen LogP contribution is 2.38. The molecule has 0 aliphatic carbocycles. The van der Waals surface area contributed by atoms with Crippen LogP contribution < -0.4 is 16.0 Å². The highest BCUT2D eigenvalue weighted by molar-refractivity contribution is 6.19. The summed E-state index contributed by atoms with van der Waals surface area (Å²) < 4.78 is 4.65. The fourth-order valence-electron chi connectivity index (χ4n) is 8.43. The molecule has 9 nitrogen and oxygen atoms in total. The number of benzene rings is 6. The van der Waals surface area contributed by atoms with Gasteiger partial charge in [-0.15, -0.1) is 0 Å². The van der Waals surface area contributed by atoms with Crippen molar-refractivity contribution in [3.8, 4) is 11.4 Å². The van der Waals surface area contributed by atoms with E-state index in [1.807, 2.05) is 37.2 Å². The van der Waals surface area contributed by atoms with E-state index >= 15 is 0 Å². The molecule has 1 unspecified atom stereocenters. The molecule has 1 atom stereocenters. The monoisotopic (exact) mass is 713 g/mol. The summed E-state index contributed by atoms with van der Waals surface area (Å²) in [5, 5.41) is 15.4. The van der Waals surface area contributed by atoms with Crippen molar-refractivity contribution in [1.29, 1.82) is 0 Å². The fraction of sp³-hybridized carbons (Fsp3) is 0.0652. The molecule has 264 valence electrons. The number of nitrogens with zero attached hydrogens (tertiary/aromatic N) is 6. The maximum absolute atomic E-state index is 5.20. The van der Waals surface area contributed by atoms with Crippen LogP contribution in [-0.2, 0) is 0 Å². The number of rotatable bonds is 6. The Hall–Kier alpha value is -7.39. The number of guanidine groups is 1. The Balaban J connectivity index is 1.00. The third-order valence-electron chi connectivity index (χ3n) is 10.9. The number of anilines is 2. The van der Waals surface area contributed by atoms with Crippen molar-refractivity contribution in [3.05, 3.63) is 169 Å². The van der Waals surface area contributed by atoms with Crippen molar-refractivity contribution in [3.63, 3.8) is 0 Å². The Bertz CT molecular complexity index is 2960. The molecule has 3 N–H and O–H groups in total. The summed E-state index contributed by atoms with van der Waals surface area (Å²) in [6.45, 7) is 0. The zero-order valence-electron chi connectivity index (χ0n) is 30.2. The van der Waals surface area contributed by atoms with Gasteiger partial charge in [0.05, 0.1) is 22.1 Å². The van der Waals surface area contributed by atoms with Crippen molar-refractivity contribution in [2.45, 2.75) is 6.17 Å². The summed E-state index contributed by atoms with van der Waals surface area (Å²) in [5.74, 6) is 2.94. The summed E-state index contributed by atoms with van der Waals surface area (Å²) >= 11 is 0. The summed E-state index contributed by atoms with van der Waals surface area (Å²) in [6.07, 6.45) is 5.58. The molecule has 3 aliphatic rings. The first kappa shape index (κ1) is 31.2. The lowest BCUT2D eigenvalue weighted by Crippen LogP contribution is -2.49. The van der Waals surface area contributed by atoms with Crippen molar-refractivity contribution in [1.82, 2.24) is 19.4 Å². The number of aromatic nitrogens is 2. The average Bonchev–Trinajstić information content (AvgIpc) is 3.76. The van der Waals surface area contributed by atoms with Gasteiger partial charge in [-0.3, -0.25) is 0 Å². The van der Waals surface area contributed by atoms with Gasteiger partial charge in [-0.2, -0.15) is 4.99 Å². The van der Waals surface area contributed by atoms with Gasteiger partial charge in [-0.1, -0.05) is 84.9 Å². The summed E-state index contributed by atoms with van der Waals surface area (Å²) in [4.78, 5) is 17.5. The molecule has 11 rings (SSSR count). The van der Waals surface area contributed by atoms with Crippen LogP contribution in [-0.4, -0.2) is 45.8 Å². The van der Waals surface area contributed by atoms with E-state index in [9.17, 15) is 0 Å². The van der Waals surface area contributed by atoms with Crippen molar-refractivity contribution >= 4 is 72.6 Å². The minimum Gasteiger partial charge on any atom is -0.388 e. The lowest BCUT2D eigenvalue weighted by molar-refractivity contribution is 0.611. The Morgan fingerprint density at radius 3 is 1.67 bits per heavy atom. The van der Waals surface area contributed by atoms with Crippen molar-refractivity contribution in [2.24, 2.45) is 15.0 Å². The van der Waals surface area contributed by atoms with E-state index in [2.05, 4.69) is 159 Å². The molecule has 0 amide bonds. The predicted molar refractivity (Wildman–Crippen MR) is 227 cm³/mol. The molecule has 2 aromatic heterocycles. The second-order valence-electron chi connectivity index (χ2n) is 13.9. The molecule has 0 spiro atoms. The van der Waals surface area contributed by atoms with Gasteiger partial charge in [0, 0.05) is 69.5 Å². The van der Waals surface area contributed by atoms with Crippen LogP contribution in [0.3, 0.4) is 0 Å². The lowest BCUT2D eigenvalue weighted by Gasteiger charge is -2.36. The zero-order valence-corrected chi connectivity index (χ0v) is 30.2. The first-order valence-electron chi connectivity index (χ1n) is 18.5. The lowest BCUT2D eigenvalue weighted by atomic mass is 10.1. The van der Waals surface area contributed by atoms with Gasteiger partial charge in [0.15, 0.2) is 6.17 Å². The van der Waals surface area contributed by atoms with E-state index in [1.165, 1.54) is 43.6 Å². The van der Waals surface area contributed by atoms with E-state index < -0.39 is 6.17 Å². The molecule has 0 bridgehead atoms. The third kappa shape index (κ3) is 4.69. The minimum atomic E-state index is -0.496. The smallest absolute Gasteiger partial charge is 0.236 e. The molecule has 55 heavy (non-hydrogen) atoms. The molecular formula is C46H35N9. The Morgan fingerprint density at radius 1 is 0.582 bits per heavy atom. The van der Waals surface area contributed by atoms with Crippen LogP contribution in [0, 0.1) is 0 Å². The van der Waals surface area contributed by atoms with E-state index in [0.29, 0.717) is 11.8 Å². The molecule has 8 aromatic rings. The summed E-state index contributed by atoms with van der Waals surface area (Å²) in [6, 6.07) is 47.3. The molecule has 9 heteroatoms. The van der Waals surface area contributed by atoms with Gasteiger partial charge in [-0.25, -0.2) is 14.9 Å². The van der Waals surface area contributed by atoms with Crippen LogP contribution in [0.15, 0.2) is 172 Å². The number of para-hydroxylation sites is 4. The highest BCUT2D eigenvalue weighted by Gasteiger charge is 2.34. The SMILES string of the molecule is CNc1cc(-n2c3ccccc3c3ccccc32)ccc1C1=NC2=NC(c3ccc(-n4c5ccccc5c5ccccc54)cc3NC)N=C3C=CC=C(N1)N32. The number of hydrogen-bond acceptors (Lipinski definition) is 7. The van der Waals surface area contributed by atoms with E-state index in [1.54, 1.807) is 0 Å². The van der Waals surface area contributed by atoms with E-state index in [0.717, 1.165) is 45.5 Å². The fourth-order valence-corrected chi connectivity index (χ4v) is 8.43. The molecule has 6 aromatic carbocycles. The number of amidine groups is 2. The number of nitrogens with one attached hydrogen (secondary N) is 3. The third-order valence-corrected chi connectivity index (χ3v) is 10.9. The number of allylic oxidation sites excluding steroid dienone is 2. The molecule has 5 heterocycles. The van der Waals surface area contributed by atoms with Crippen molar-refractivity contribution in [2.75, 3.05) is 24.7 Å². The quantitative estimate of drug-likeness (QED) is 0.160. The topological polar surface area (TPSA) is 86.3 Å². The van der Waals surface area contributed by atoms with Gasteiger partial charge in [0.2, 0.25) is 5.96 Å². The molecular weight excluding hydrogens is 679 g/mol. The first-order valence-corrected chi connectivity index (χ1v) is 18.5. The maximum atomic E-state index is 5.20. The van der Waals surface area contributed by atoms with Crippen LogP contribution in [0.1, 0.15) is 17.3 Å². The van der Waals surface area contributed by atoms with Gasteiger partial charge in [0.1, 0.15) is 17.5 Å².